The van der Waals surface area contributed by atoms with E-state index in [1.807, 2.05) is 24.5 Å². The van der Waals surface area contributed by atoms with E-state index in [0.717, 1.165) is 29.6 Å². The van der Waals surface area contributed by atoms with Crippen molar-refractivity contribution >= 4 is 17.8 Å². The van der Waals surface area contributed by atoms with Gasteiger partial charge in [-0.05, 0) is 49.8 Å². The van der Waals surface area contributed by atoms with Crippen molar-refractivity contribution in [3.8, 4) is 6.07 Å². The van der Waals surface area contributed by atoms with Gasteiger partial charge in [-0.2, -0.15) is 5.26 Å². The van der Waals surface area contributed by atoms with E-state index in [1.54, 1.807) is 13.2 Å². The number of benzene rings is 1. The summed E-state index contributed by atoms with van der Waals surface area (Å²) in [4.78, 5) is 24.2. The number of aryl methyl sites for hydroxylation is 1. The Morgan fingerprint density at radius 3 is 2.55 bits per heavy atom. The highest BCUT2D eigenvalue weighted by molar-refractivity contribution is 6.02. The smallest absolute Gasteiger partial charge is 0.349 e. The summed E-state index contributed by atoms with van der Waals surface area (Å²) in [5.41, 5.74) is 2.03. The van der Waals surface area contributed by atoms with Crippen molar-refractivity contribution in [2.45, 2.75) is 20.4 Å². The van der Waals surface area contributed by atoms with Crippen molar-refractivity contribution in [1.29, 1.82) is 5.26 Å². The fraction of sp³-hybridized carbons (Fsp3) is 0.286. The average molecular weight is 402 g/mol. The van der Waals surface area contributed by atoms with E-state index in [2.05, 4.69) is 0 Å². The molecule has 2 rings (SSSR count). The second-order valence-corrected chi connectivity index (χ2v) is 6.27. The predicted octanol–water partition coefficient (Wildman–Crippen LogP) is 3.36. The van der Waals surface area contributed by atoms with E-state index in [-0.39, 0.29) is 11.1 Å². The molecule has 2 aromatic rings. The number of hydrogen-bond donors (Lipinski definition) is 0. The molecule has 0 spiro atoms. The van der Waals surface area contributed by atoms with Gasteiger partial charge < -0.3 is 14.0 Å². The van der Waals surface area contributed by atoms with Crippen molar-refractivity contribution in [2.24, 2.45) is 0 Å². The van der Waals surface area contributed by atoms with E-state index in [4.69, 9.17) is 9.47 Å². The molecule has 0 aliphatic rings. The van der Waals surface area contributed by atoms with Crippen LogP contribution in [-0.2, 0) is 20.8 Å². The third-order valence-electron chi connectivity index (χ3n) is 4.35. The van der Waals surface area contributed by atoms with Gasteiger partial charge in [0.2, 0.25) is 0 Å². The van der Waals surface area contributed by atoms with Gasteiger partial charge in [0.25, 0.3) is 0 Å². The molecule has 0 saturated heterocycles. The number of esters is 1. The molecular formula is C21H20F2N2O4. The van der Waals surface area contributed by atoms with Crippen LogP contribution in [0, 0.1) is 36.8 Å². The maximum absolute atomic E-state index is 13.2. The molecule has 0 N–H and O–H groups in total. The second kappa shape index (κ2) is 9.75. The summed E-state index contributed by atoms with van der Waals surface area (Å²) in [5.74, 6) is -3.96. The Labute approximate surface area is 167 Å². The zero-order chi connectivity index (χ0) is 21.6. The molecule has 0 atom stereocenters. The molecule has 1 aromatic carbocycles. The first-order valence-corrected chi connectivity index (χ1v) is 8.71. The molecule has 0 aliphatic heterocycles. The zero-order valence-corrected chi connectivity index (χ0v) is 16.3. The van der Waals surface area contributed by atoms with Crippen LogP contribution in [-0.4, -0.2) is 36.6 Å². The Morgan fingerprint density at radius 2 is 1.93 bits per heavy atom. The summed E-state index contributed by atoms with van der Waals surface area (Å²) in [7, 11) is 1.60. The van der Waals surface area contributed by atoms with Gasteiger partial charge in [-0.3, -0.25) is 4.79 Å². The van der Waals surface area contributed by atoms with Crippen LogP contribution in [0.1, 0.15) is 27.3 Å². The molecule has 0 saturated carbocycles. The number of hydrogen-bond acceptors (Lipinski definition) is 5. The Hall–Kier alpha value is -3.31. The largest absolute Gasteiger partial charge is 0.453 e. The summed E-state index contributed by atoms with van der Waals surface area (Å²) in [5, 5.41) is 9.29. The van der Waals surface area contributed by atoms with Crippen molar-refractivity contribution in [3.63, 3.8) is 0 Å². The van der Waals surface area contributed by atoms with Gasteiger partial charge in [-0.1, -0.05) is 0 Å². The highest BCUT2D eigenvalue weighted by Gasteiger charge is 2.17. The molecule has 0 amide bonds. The molecule has 8 heteroatoms. The SMILES string of the molecule is COCCn1c(C)cc(/C=C(\C#N)C(=O)OCC(=O)c2ccc(F)c(F)c2)c1C. The number of ketones is 1. The van der Waals surface area contributed by atoms with Crippen LogP contribution >= 0.6 is 0 Å². The van der Waals surface area contributed by atoms with E-state index in [1.165, 1.54) is 6.08 Å². The molecule has 0 unspecified atom stereocenters. The summed E-state index contributed by atoms with van der Waals surface area (Å²) in [6, 6.07) is 6.20. The Morgan fingerprint density at radius 1 is 1.21 bits per heavy atom. The van der Waals surface area contributed by atoms with Crippen molar-refractivity contribution < 1.29 is 27.8 Å². The van der Waals surface area contributed by atoms with Crippen molar-refractivity contribution in [2.75, 3.05) is 20.3 Å². The molecule has 29 heavy (non-hydrogen) atoms. The van der Waals surface area contributed by atoms with Crippen LogP contribution in [0.2, 0.25) is 0 Å². The van der Waals surface area contributed by atoms with Gasteiger partial charge in [-0.25, -0.2) is 13.6 Å². The Kier molecular flexibility index (Phi) is 7.39. The normalized spacial score (nSPS) is 11.2. The van der Waals surface area contributed by atoms with Gasteiger partial charge >= 0.3 is 5.97 Å². The Balaban J connectivity index is 2.11. The lowest BCUT2D eigenvalue weighted by molar-refractivity contribution is -0.137. The summed E-state index contributed by atoms with van der Waals surface area (Å²) in [6.07, 6.45) is 1.38. The zero-order valence-electron chi connectivity index (χ0n) is 16.3. The van der Waals surface area contributed by atoms with Crippen LogP contribution in [0.25, 0.3) is 6.08 Å². The average Bonchev–Trinajstić information content (AvgIpc) is 2.97. The van der Waals surface area contributed by atoms with Gasteiger partial charge in [0, 0.05) is 30.6 Å². The van der Waals surface area contributed by atoms with E-state index >= 15 is 0 Å². The number of carbonyl (C=O) groups excluding carboxylic acids is 2. The molecule has 152 valence electrons. The number of carbonyl (C=O) groups is 2. The highest BCUT2D eigenvalue weighted by atomic mass is 19.2. The van der Waals surface area contributed by atoms with Gasteiger partial charge in [0.05, 0.1) is 6.61 Å². The highest BCUT2D eigenvalue weighted by Crippen LogP contribution is 2.19. The minimum Gasteiger partial charge on any atom is -0.453 e. The molecule has 0 radical (unpaired) electrons. The fourth-order valence-electron chi connectivity index (χ4n) is 2.75. The molecule has 6 nitrogen and oxygen atoms in total. The number of halogens is 2. The topological polar surface area (TPSA) is 81.3 Å². The standard InChI is InChI=1S/C21H20F2N2O4/c1-13-8-16(14(2)25(13)6-7-28-3)9-17(11-24)21(27)29-12-20(26)15-4-5-18(22)19(23)10-15/h4-5,8-10H,6-7,12H2,1-3H3/b17-9+. The molecular weight excluding hydrogens is 382 g/mol. The van der Waals surface area contributed by atoms with Gasteiger partial charge in [-0.15, -0.1) is 0 Å². The number of Topliss-reactive ketones (excluding diaryl/α,β-unsaturated/α-hetero) is 1. The first-order valence-electron chi connectivity index (χ1n) is 8.71. The minimum atomic E-state index is -1.18. The first-order chi connectivity index (χ1) is 13.8. The van der Waals surface area contributed by atoms with Crippen LogP contribution in [0.3, 0.4) is 0 Å². The maximum Gasteiger partial charge on any atom is 0.349 e. The molecule has 1 heterocycles. The van der Waals surface area contributed by atoms with E-state index in [0.29, 0.717) is 18.7 Å². The Bertz CT molecular complexity index is 1000. The van der Waals surface area contributed by atoms with E-state index in [9.17, 15) is 23.6 Å². The number of methoxy groups -OCH3 is 1. The fourth-order valence-corrected chi connectivity index (χ4v) is 2.75. The number of aromatic nitrogens is 1. The van der Waals surface area contributed by atoms with Crippen LogP contribution < -0.4 is 0 Å². The van der Waals surface area contributed by atoms with Gasteiger partial charge in [0.15, 0.2) is 24.0 Å². The quantitative estimate of drug-likeness (QED) is 0.293. The van der Waals surface area contributed by atoms with Crippen LogP contribution in [0.15, 0.2) is 29.8 Å². The molecule has 0 aliphatic carbocycles. The monoisotopic (exact) mass is 402 g/mol. The molecule has 0 bridgehead atoms. The van der Waals surface area contributed by atoms with Crippen molar-refractivity contribution in [3.05, 3.63) is 64.0 Å². The number of nitrogens with zero attached hydrogens (tertiary/aromatic N) is 2. The molecule has 0 fully saturated rings. The summed E-state index contributed by atoms with van der Waals surface area (Å²) < 4.78 is 38.1. The number of nitriles is 1. The summed E-state index contributed by atoms with van der Waals surface area (Å²) in [6.45, 7) is 4.18. The lowest BCUT2D eigenvalue weighted by atomic mass is 10.1. The number of ether oxygens (including phenoxy) is 2. The van der Waals surface area contributed by atoms with Crippen LogP contribution in [0.5, 0.6) is 0 Å². The molecule has 1 aromatic heterocycles. The van der Waals surface area contributed by atoms with Gasteiger partial charge in [0.1, 0.15) is 11.6 Å². The van der Waals surface area contributed by atoms with Crippen molar-refractivity contribution in [1.82, 2.24) is 4.57 Å². The maximum atomic E-state index is 13.2. The van der Waals surface area contributed by atoms with E-state index < -0.39 is 30.0 Å². The minimum absolute atomic E-state index is 0.138. The third-order valence-corrected chi connectivity index (χ3v) is 4.35. The van der Waals surface area contributed by atoms with Crippen LogP contribution in [0.4, 0.5) is 8.78 Å². The lowest BCUT2D eigenvalue weighted by Crippen LogP contribution is -2.15. The number of rotatable bonds is 8. The summed E-state index contributed by atoms with van der Waals surface area (Å²) >= 11 is 0. The second-order valence-electron chi connectivity index (χ2n) is 6.27. The third kappa shape index (κ3) is 5.36. The first kappa shape index (κ1) is 22.0. The lowest BCUT2D eigenvalue weighted by Gasteiger charge is -2.08. The predicted molar refractivity (Wildman–Crippen MR) is 101 cm³/mol.